The third kappa shape index (κ3) is 4.02. The van der Waals surface area contributed by atoms with E-state index in [-0.39, 0.29) is 0 Å². The second kappa shape index (κ2) is 6.46. The van der Waals surface area contributed by atoms with Gasteiger partial charge >= 0.3 is 0 Å². The molecule has 108 valence electrons. The predicted octanol–water partition coefficient (Wildman–Crippen LogP) is 3.40. The Balaban J connectivity index is 1.93. The Kier molecular flexibility index (Phi) is 4.66. The molecule has 0 radical (unpaired) electrons. The Hall–Kier alpha value is -1.97. The highest BCUT2D eigenvalue weighted by Gasteiger charge is 2.06. The van der Waals surface area contributed by atoms with Crippen LogP contribution in [0.4, 0.5) is 5.95 Å². The zero-order valence-corrected chi connectivity index (χ0v) is 12.7. The summed E-state index contributed by atoms with van der Waals surface area (Å²) in [4.78, 5) is 4.49. The first-order valence-electron chi connectivity index (χ1n) is 7.04. The molecule has 0 bridgehead atoms. The van der Waals surface area contributed by atoms with Gasteiger partial charge in [-0.3, -0.25) is 0 Å². The number of hydrogen-bond acceptors (Lipinski definition) is 3. The molecular weight excluding hydrogens is 250 g/mol. The Morgan fingerprint density at radius 2 is 2.10 bits per heavy atom. The van der Waals surface area contributed by atoms with E-state index in [4.69, 9.17) is 4.74 Å². The molecule has 0 saturated carbocycles. The van der Waals surface area contributed by atoms with Crippen molar-refractivity contribution in [2.24, 2.45) is 0 Å². The molecule has 0 aliphatic heterocycles. The lowest BCUT2D eigenvalue weighted by Crippen LogP contribution is -2.16. The summed E-state index contributed by atoms with van der Waals surface area (Å²) in [5.41, 5.74) is 2.23. The third-order valence-electron chi connectivity index (χ3n) is 2.91. The number of imidazole rings is 1. The molecule has 0 aliphatic rings. The van der Waals surface area contributed by atoms with Crippen molar-refractivity contribution >= 4 is 5.95 Å². The van der Waals surface area contributed by atoms with Gasteiger partial charge in [0.25, 0.3) is 0 Å². The lowest BCUT2D eigenvalue weighted by molar-refractivity contribution is 0.299. The lowest BCUT2D eigenvalue weighted by Gasteiger charge is -2.13. The minimum absolute atomic E-state index is 0.369. The van der Waals surface area contributed by atoms with Crippen molar-refractivity contribution in [3.8, 4) is 5.75 Å². The average Bonchev–Trinajstić information content (AvgIpc) is 2.69. The molecule has 1 aromatic carbocycles. The van der Waals surface area contributed by atoms with Gasteiger partial charge in [-0.1, -0.05) is 12.1 Å². The normalized spacial score (nSPS) is 10.8. The molecule has 0 amide bonds. The van der Waals surface area contributed by atoms with Crippen molar-refractivity contribution in [2.75, 3.05) is 11.9 Å². The number of benzene rings is 1. The van der Waals surface area contributed by atoms with E-state index >= 15 is 0 Å². The van der Waals surface area contributed by atoms with Crippen LogP contribution >= 0.6 is 0 Å². The highest BCUT2D eigenvalue weighted by molar-refractivity contribution is 5.30. The molecule has 0 atom stereocenters. The van der Waals surface area contributed by atoms with Gasteiger partial charge in [0.05, 0.1) is 12.2 Å². The van der Waals surface area contributed by atoms with Crippen LogP contribution in [0.3, 0.4) is 0 Å². The van der Waals surface area contributed by atoms with Crippen LogP contribution in [0.2, 0.25) is 0 Å². The number of nitrogens with one attached hydrogen (secondary N) is 1. The van der Waals surface area contributed by atoms with Crippen LogP contribution in [0.1, 0.15) is 25.1 Å². The van der Waals surface area contributed by atoms with Crippen LogP contribution in [0.25, 0.3) is 0 Å². The van der Waals surface area contributed by atoms with Crippen LogP contribution in [0.5, 0.6) is 5.75 Å². The maximum Gasteiger partial charge on any atom is 0.203 e. The molecule has 0 aliphatic carbocycles. The number of nitrogens with zero attached hydrogens (tertiary/aromatic N) is 2. The van der Waals surface area contributed by atoms with Crippen LogP contribution < -0.4 is 10.1 Å². The number of aryl methyl sites for hydroxylation is 2. The summed E-state index contributed by atoms with van der Waals surface area (Å²) >= 11 is 0. The molecule has 4 heteroatoms. The SMILES string of the molecule is Cc1cccc(OCCn2cc(C)nc2NC(C)C)c1. The summed E-state index contributed by atoms with van der Waals surface area (Å²) in [5, 5.41) is 3.35. The second-order valence-electron chi connectivity index (χ2n) is 5.36. The van der Waals surface area contributed by atoms with Crippen LogP contribution in [0, 0.1) is 13.8 Å². The molecule has 0 saturated heterocycles. The van der Waals surface area contributed by atoms with Gasteiger partial charge < -0.3 is 14.6 Å². The first kappa shape index (κ1) is 14.4. The summed E-state index contributed by atoms with van der Waals surface area (Å²) in [5.74, 6) is 1.82. The van der Waals surface area contributed by atoms with Crippen LogP contribution in [-0.4, -0.2) is 22.2 Å². The van der Waals surface area contributed by atoms with Crippen molar-refractivity contribution in [3.63, 3.8) is 0 Å². The fraction of sp³-hybridized carbons (Fsp3) is 0.438. The first-order valence-corrected chi connectivity index (χ1v) is 7.04. The zero-order chi connectivity index (χ0) is 14.5. The van der Waals surface area contributed by atoms with Gasteiger partial charge in [0.15, 0.2) is 0 Å². The van der Waals surface area contributed by atoms with Crippen molar-refractivity contribution in [1.82, 2.24) is 9.55 Å². The summed E-state index contributed by atoms with van der Waals surface area (Å²) in [6.07, 6.45) is 2.05. The van der Waals surface area contributed by atoms with E-state index in [0.29, 0.717) is 12.6 Å². The average molecular weight is 273 g/mol. The Morgan fingerprint density at radius 3 is 2.80 bits per heavy atom. The molecule has 0 fully saturated rings. The number of ether oxygens (including phenoxy) is 1. The summed E-state index contributed by atoms with van der Waals surface area (Å²) in [7, 11) is 0. The second-order valence-corrected chi connectivity index (χ2v) is 5.36. The van der Waals surface area contributed by atoms with Crippen LogP contribution in [0.15, 0.2) is 30.5 Å². The number of hydrogen-bond donors (Lipinski definition) is 1. The van der Waals surface area contributed by atoms with E-state index in [2.05, 4.69) is 41.7 Å². The molecular formula is C16H23N3O. The molecule has 2 aromatic rings. The van der Waals surface area contributed by atoms with Gasteiger partial charge in [-0.2, -0.15) is 0 Å². The largest absolute Gasteiger partial charge is 0.492 e. The van der Waals surface area contributed by atoms with E-state index in [1.807, 2.05) is 31.3 Å². The van der Waals surface area contributed by atoms with Gasteiger partial charge in [0, 0.05) is 12.2 Å². The standard InChI is InChI=1S/C16H23N3O/c1-12(2)17-16-18-14(4)11-19(16)8-9-20-15-7-5-6-13(3)10-15/h5-7,10-12H,8-9H2,1-4H3,(H,17,18). The van der Waals surface area contributed by atoms with Crippen molar-refractivity contribution in [3.05, 3.63) is 41.7 Å². The molecule has 1 N–H and O–H groups in total. The van der Waals surface area contributed by atoms with E-state index in [1.165, 1.54) is 5.56 Å². The highest BCUT2D eigenvalue weighted by atomic mass is 16.5. The minimum atomic E-state index is 0.369. The first-order chi connectivity index (χ1) is 9.54. The van der Waals surface area contributed by atoms with Crippen molar-refractivity contribution in [2.45, 2.75) is 40.3 Å². The summed E-state index contributed by atoms with van der Waals surface area (Å²) < 4.78 is 7.89. The number of aromatic nitrogens is 2. The smallest absolute Gasteiger partial charge is 0.203 e. The van der Waals surface area contributed by atoms with E-state index in [1.54, 1.807) is 0 Å². The van der Waals surface area contributed by atoms with Gasteiger partial charge in [-0.25, -0.2) is 4.98 Å². The number of rotatable bonds is 6. The topological polar surface area (TPSA) is 39.1 Å². The molecule has 1 heterocycles. The Morgan fingerprint density at radius 1 is 1.30 bits per heavy atom. The summed E-state index contributed by atoms with van der Waals surface area (Å²) in [6, 6.07) is 8.48. The van der Waals surface area contributed by atoms with Crippen molar-refractivity contribution < 1.29 is 4.74 Å². The monoisotopic (exact) mass is 273 g/mol. The minimum Gasteiger partial charge on any atom is -0.492 e. The predicted molar refractivity (Wildman–Crippen MR) is 82.4 cm³/mol. The highest BCUT2D eigenvalue weighted by Crippen LogP contribution is 2.13. The quantitative estimate of drug-likeness (QED) is 0.876. The Bertz CT molecular complexity index is 561. The maximum atomic E-state index is 5.78. The maximum absolute atomic E-state index is 5.78. The van der Waals surface area contributed by atoms with Crippen molar-refractivity contribution in [1.29, 1.82) is 0 Å². The molecule has 20 heavy (non-hydrogen) atoms. The van der Waals surface area contributed by atoms with Gasteiger partial charge in [0.1, 0.15) is 12.4 Å². The summed E-state index contributed by atoms with van der Waals surface area (Å²) in [6.45, 7) is 9.70. The molecule has 1 aromatic heterocycles. The molecule has 0 spiro atoms. The van der Waals surface area contributed by atoms with E-state index in [9.17, 15) is 0 Å². The number of anilines is 1. The van der Waals surface area contributed by atoms with Gasteiger partial charge in [-0.15, -0.1) is 0 Å². The van der Waals surface area contributed by atoms with Gasteiger partial charge in [-0.05, 0) is 45.4 Å². The fourth-order valence-electron chi connectivity index (χ4n) is 2.06. The molecule has 4 nitrogen and oxygen atoms in total. The molecule has 0 unspecified atom stereocenters. The van der Waals surface area contributed by atoms with E-state index in [0.717, 1.165) is 23.9 Å². The fourth-order valence-corrected chi connectivity index (χ4v) is 2.06. The molecule has 2 rings (SSSR count). The van der Waals surface area contributed by atoms with E-state index < -0.39 is 0 Å². The third-order valence-corrected chi connectivity index (χ3v) is 2.91. The Labute approximate surface area is 120 Å². The van der Waals surface area contributed by atoms with Crippen LogP contribution in [-0.2, 0) is 6.54 Å². The van der Waals surface area contributed by atoms with Gasteiger partial charge in [0.2, 0.25) is 5.95 Å². The zero-order valence-electron chi connectivity index (χ0n) is 12.7. The lowest BCUT2D eigenvalue weighted by atomic mass is 10.2.